The largest absolute Gasteiger partial charge is 0.350 e. The van der Waals surface area contributed by atoms with Gasteiger partial charge in [-0.05, 0) is 61.1 Å². The highest BCUT2D eigenvalue weighted by molar-refractivity contribution is 7.25. The lowest BCUT2D eigenvalue weighted by Crippen LogP contribution is -2.48. The maximum absolute atomic E-state index is 4.99. The first kappa shape index (κ1) is 24.7. The van der Waals surface area contributed by atoms with E-state index in [2.05, 4.69) is 101 Å². The van der Waals surface area contributed by atoms with Gasteiger partial charge in [-0.1, -0.05) is 32.0 Å². The second kappa shape index (κ2) is 8.84. The summed E-state index contributed by atoms with van der Waals surface area (Å²) < 4.78 is 9.49. The Kier molecular flexibility index (Phi) is 5.09. The molecular formula is C35H29N7S+2. The number of aromatic nitrogens is 7. The molecule has 0 spiro atoms. The second-order valence-electron chi connectivity index (χ2n) is 11.5. The summed E-state index contributed by atoms with van der Waals surface area (Å²) in [6.45, 7) is 6.49. The van der Waals surface area contributed by atoms with E-state index in [9.17, 15) is 0 Å². The third-order valence-corrected chi connectivity index (χ3v) is 10.5. The Morgan fingerprint density at radius 1 is 0.907 bits per heavy atom. The average molecular weight is 580 g/mol. The summed E-state index contributed by atoms with van der Waals surface area (Å²) in [6, 6.07) is 23.7. The zero-order valence-corrected chi connectivity index (χ0v) is 25.0. The monoisotopic (exact) mass is 579 g/mol. The van der Waals surface area contributed by atoms with Crippen LogP contribution in [0.15, 0.2) is 91.4 Å². The summed E-state index contributed by atoms with van der Waals surface area (Å²) in [4.78, 5) is 14.8. The molecule has 0 saturated carbocycles. The molecule has 43 heavy (non-hydrogen) atoms. The van der Waals surface area contributed by atoms with E-state index in [1.54, 1.807) is 0 Å². The summed E-state index contributed by atoms with van der Waals surface area (Å²) in [5, 5.41) is 7.57. The highest BCUT2D eigenvalue weighted by Crippen LogP contribution is 2.46. The van der Waals surface area contributed by atoms with Crippen molar-refractivity contribution in [2.75, 3.05) is 0 Å². The van der Waals surface area contributed by atoms with Crippen LogP contribution in [0.1, 0.15) is 44.1 Å². The van der Waals surface area contributed by atoms with E-state index < -0.39 is 0 Å². The molecule has 1 atom stereocenters. The molecule has 0 aliphatic carbocycles. The smallest absolute Gasteiger partial charge is 0.244 e. The number of hydrogen-bond donors (Lipinski definition) is 0. The molecule has 1 unspecified atom stereocenters. The Morgan fingerprint density at radius 2 is 1.77 bits per heavy atom. The Balaban J connectivity index is 1.42. The van der Waals surface area contributed by atoms with E-state index in [1.807, 2.05) is 36.7 Å². The predicted octanol–water partition coefficient (Wildman–Crippen LogP) is 6.78. The van der Waals surface area contributed by atoms with Gasteiger partial charge in [0.05, 0.1) is 11.7 Å². The molecule has 0 bridgehead atoms. The van der Waals surface area contributed by atoms with Crippen molar-refractivity contribution in [3.05, 3.63) is 103 Å². The van der Waals surface area contributed by atoms with Crippen LogP contribution in [0.5, 0.6) is 0 Å². The standard InChI is InChI=1S/C35H29N7S/c1-4-35(5-2)19-28(40-16-9-8-13-27(40)34-38-21(3)39-42(34)35)32-25-18-31-24(22-11-6-7-14-30(22)43-31)17-23(25)29-20-37-26-12-10-15-36-33(26)41(29)32/h6-20,32H,4-5H2,1-3H3/q+2. The molecular weight excluding hydrogens is 551 g/mol. The first-order valence-corrected chi connectivity index (χ1v) is 15.7. The number of hydrogen-bond acceptors (Lipinski definition) is 5. The normalized spacial score (nSPS) is 16.5. The SMILES string of the molecule is CCC1(CC)C=C(C2c3cc4sc5ccccc5c4cc3-c3cnc4cccnc4[n+]32)[n+]2ccccc2-c2nc(C)nn21. The van der Waals surface area contributed by atoms with Crippen molar-refractivity contribution < 1.29 is 9.13 Å². The van der Waals surface area contributed by atoms with Crippen molar-refractivity contribution in [3.63, 3.8) is 0 Å². The third-order valence-electron chi connectivity index (χ3n) is 9.38. The van der Waals surface area contributed by atoms with Crippen molar-refractivity contribution >= 4 is 48.4 Å². The molecule has 5 aromatic heterocycles. The van der Waals surface area contributed by atoms with Gasteiger partial charge in [0.15, 0.2) is 17.4 Å². The van der Waals surface area contributed by atoms with Gasteiger partial charge in [-0.3, -0.25) is 0 Å². The zero-order valence-electron chi connectivity index (χ0n) is 24.2. The van der Waals surface area contributed by atoms with Gasteiger partial charge >= 0.3 is 5.65 Å². The van der Waals surface area contributed by atoms with Crippen molar-refractivity contribution in [2.45, 2.75) is 45.2 Å². The van der Waals surface area contributed by atoms with Gasteiger partial charge < -0.3 is 0 Å². The first-order valence-electron chi connectivity index (χ1n) is 14.9. The fraction of sp³-hybridized carbons (Fsp3) is 0.200. The number of allylic oxidation sites excluding steroid dienone is 2. The van der Waals surface area contributed by atoms with E-state index in [1.165, 1.54) is 37.0 Å². The van der Waals surface area contributed by atoms with Crippen LogP contribution in [0.3, 0.4) is 0 Å². The maximum atomic E-state index is 4.99. The van der Waals surface area contributed by atoms with Gasteiger partial charge in [-0.15, -0.1) is 11.3 Å². The molecule has 7 nitrogen and oxygen atoms in total. The van der Waals surface area contributed by atoms with Crippen molar-refractivity contribution in [3.8, 4) is 22.8 Å². The summed E-state index contributed by atoms with van der Waals surface area (Å²) in [5.74, 6) is 1.68. The minimum Gasteiger partial charge on any atom is -0.244 e. The molecule has 2 aliphatic rings. The quantitative estimate of drug-likeness (QED) is 0.217. The molecule has 9 rings (SSSR count). The fourth-order valence-electron chi connectivity index (χ4n) is 7.22. The van der Waals surface area contributed by atoms with E-state index in [0.717, 1.165) is 47.0 Å². The van der Waals surface area contributed by atoms with Gasteiger partial charge in [0.1, 0.15) is 12.0 Å². The van der Waals surface area contributed by atoms with E-state index in [-0.39, 0.29) is 11.6 Å². The fourth-order valence-corrected chi connectivity index (χ4v) is 8.36. The third kappa shape index (κ3) is 3.29. The van der Waals surface area contributed by atoms with Crippen molar-refractivity contribution in [2.24, 2.45) is 0 Å². The molecule has 0 fully saturated rings. The second-order valence-corrected chi connectivity index (χ2v) is 12.6. The van der Waals surface area contributed by atoms with Gasteiger partial charge in [0.2, 0.25) is 17.6 Å². The topological polar surface area (TPSA) is 64.2 Å². The van der Waals surface area contributed by atoms with E-state index in [0.29, 0.717) is 0 Å². The minimum atomic E-state index is -0.348. The highest BCUT2D eigenvalue weighted by atomic mass is 32.1. The van der Waals surface area contributed by atoms with Crippen molar-refractivity contribution in [1.29, 1.82) is 0 Å². The minimum absolute atomic E-state index is 0.130. The van der Waals surface area contributed by atoms with E-state index >= 15 is 0 Å². The van der Waals surface area contributed by atoms with Gasteiger partial charge in [-0.25, -0.2) is 19.2 Å². The summed E-state index contributed by atoms with van der Waals surface area (Å²) in [7, 11) is 0. The Hall–Kier alpha value is -4.82. The maximum Gasteiger partial charge on any atom is 0.350 e. The summed E-state index contributed by atoms with van der Waals surface area (Å²) in [6.07, 6.45) is 10.3. The van der Waals surface area contributed by atoms with Crippen LogP contribution in [-0.4, -0.2) is 24.7 Å². The van der Waals surface area contributed by atoms with Gasteiger partial charge in [0.25, 0.3) is 5.69 Å². The van der Waals surface area contributed by atoms with Crippen LogP contribution in [0.25, 0.3) is 59.8 Å². The first-order chi connectivity index (χ1) is 21.1. The molecule has 8 heteroatoms. The van der Waals surface area contributed by atoms with E-state index in [4.69, 9.17) is 20.1 Å². The number of pyridine rings is 2. The summed E-state index contributed by atoms with van der Waals surface area (Å²) >= 11 is 1.86. The Labute approximate surface area is 252 Å². The predicted molar refractivity (Wildman–Crippen MR) is 169 cm³/mol. The molecule has 7 aromatic rings. The Bertz CT molecular complexity index is 2310. The van der Waals surface area contributed by atoms with Crippen LogP contribution in [0, 0.1) is 6.92 Å². The molecule has 0 amide bonds. The lowest BCUT2D eigenvalue weighted by atomic mass is 9.89. The lowest BCUT2D eigenvalue weighted by molar-refractivity contribution is -0.690. The number of fused-ring (bicyclic) bond motifs is 11. The average Bonchev–Trinajstić information content (AvgIpc) is 3.70. The number of nitrogens with zero attached hydrogens (tertiary/aromatic N) is 7. The molecule has 0 N–H and O–H groups in total. The van der Waals surface area contributed by atoms with Gasteiger partial charge in [0, 0.05) is 49.5 Å². The summed E-state index contributed by atoms with van der Waals surface area (Å²) in [5.41, 5.74) is 7.16. The molecule has 2 aromatic carbocycles. The van der Waals surface area contributed by atoms with Crippen LogP contribution in [-0.2, 0) is 5.54 Å². The lowest BCUT2D eigenvalue weighted by Gasteiger charge is -2.28. The van der Waals surface area contributed by atoms with Crippen LogP contribution in [0.2, 0.25) is 0 Å². The van der Waals surface area contributed by atoms with Crippen LogP contribution < -0.4 is 9.13 Å². The Morgan fingerprint density at radius 3 is 2.65 bits per heavy atom. The highest BCUT2D eigenvalue weighted by Gasteiger charge is 2.48. The molecule has 0 radical (unpaired) electrons. The zero-order chi connectivity index (χ0) is 28.9. The molecule has 7 heterocycles. The molecule has 0 saturated heterocycles. The van der Waals surface area contributed by atoms with Crippen molar-refractivity contribution in [1.82, 2.24) is 24.7 Å². The number of rotatable bonds is 3. The number of aryl methyl sites for hydroxylation is 1. The molecule has 208 valence electrons. The van der Waals surface area contributed by atoms with Crippen LogP contribution >= 0.6 is 11.3 Å². The molecule has 2 aliphatic heterocycles. The van der Waals surface area contributed by atoms with Gasteiger partial charge in [-0.2, -0.15) is 9.67 Å². The van der Waals surface area contributed by atoms with Crippen LogP contribution in [0.4, 0.5) is 0 Å². The number of benzene rings is 2. The number of thiophene rings is 1.